The summed E-state index contributed by atoms with van der Waals surface area (Å²) in [4.78, 5) is 4.95. The van der Waals surface area contributed by atoms with Crippen molar-refractivity contribution in [1.29, 1.82) is 0 Å². The van der Waals surface area contributed by atoms with E-state index in [0.717, 1.165) is 5.75 Å². The van der Waals surface area contributed by atoms with Crippen LogP contribution >= 0.6 is 0 Å². The van der Waals surface area contributed by atoms with E-state index in [1.54, 1.807) is 7.11 Å². The fraction of sp³-hybridized carbons (Fsp3) is 0.500. The first-order valence-electron chi connectivity index (χ1n) is 5.27. The Bertz CT molecular complexity index is 347. The highest BCUT2D eigenvalue weighted by molar-refractivity contribution is 5.43. The monoisotopic (exact) mass is 207 g/mol. The van der Waals surface area contributed by atoms with Gasteiger partial charge in [-0.2, -0.15) is 5.48 Å². The third-order valence-electron chi connectivity index (χ3n) is 2.74. The van der Waals surface area contributed by atoms with Crippen molar-refractivity contribution in [2.45, 2.75) is 25.8 Å². The van der Waals surface area contributed by atoms with Gasteiger partial charge in [-0.05, 0) is 17.5 Å². The first kappa shape index (κ1) is 10.5. The van der Waals surface area contributed by atoms with Gasteiger partial charge in [-0.25, -0.2) is 0 Å². The van der Waals surface area contributed by atoms with Gasteiger partial charge in [0.25, 0.3) is 0 Å². The van der Waals surface area contributed by atoms with Crippen LogP contribution in [-0.2, 0) is 4.84 Å². The molecule has 0 bridgehead atoms. The van der Waals surface area contributed by atoms with Gasteiger partial charge in [0, 0.05) is 5.56 Å². The number of benzene rings is 1. The van der Waals surface area contributed by atoms with E-state index < -0.39 is 0 Å². The molecule has 1 aromatic carbocycles. The van der Waals surface area contributed by atoms with Crippen LogP contribution in [0.25, 0.3) is 0 Å². The third-order valence-corrected chi connectivity index (χ3v) is 2.74. The second-order valence-corrected chi connectivity index (χ2v) is 4.14. The fourth-order valence-corrected chi connectivity index (χ4v) is 1.83. The Labute approximate surface area is 90.3 Å². The van der Waals surface area contributed by atoms with Crippen molar-refractivity contribution in [2.75, 3.05) is 13.7 Å². The summed E-state index contributed by atoms with van der Waals surface area (Å²) in [6.45, 7) is 5.03. The zero-order chi connectivity index (χ0) is 10.8. The van der Waals surface area contributed by atoms with Crippen molar-refractivity contribution in [3.8, 4) is 5.75 Å². The fourth-order valence-electron chi connectivity index (χ4n) is 1.83. The summed E-state index contributed by atoms with van der Waals surface area (Å²) >= 11 is 0. The Hall–Kier alpha value is -1.06. The maximum Gasteiger partial charge on any atom is 0.124 e. The molecule has 0 aromatic heterocycles. The van der Waals surface area contributed by atoms with E-state index in [1.807, 2.05) is 6.07 Å². The molecule has 0 fully saturated rings. The molecule has 1 aliphatic rings. The highest BCUT2D eigenvalue weighted by Crippen LogP contribution is 2.34. The summed E-state index contributed by atoms with van der Waals surface area (Å²) in [7, 11) is 1.63. The summed E-state index contributed by atoms with van der Waals surface area (Å²) in [6, 6.07) is 6.52. The number of hydrogen-bond acceptors (Lipinski definition) is 3. The van der Waals surface area contributed by atoms with E-state index >= 15 is 0 Å². The minimum atomic E-state index is 0.156. The van der Waals surface area contributed by atoms with Crippen molar-refractivity contribution in [2.24, 2.45) is 0 Å². The maximum atomic E-state index is 5.56. The second-order valence-electron chi connectivity index (χ2n) is 4.14. The maximum absolute atomic E-state index is 5.56. The van der Waals surface area contributed by atoms with Gasteiger partial charge in [0.05, 0.1) is 13.2 Å². The van der Waals surface area contributed by atoms with Gasteiger partial charge in [0.1, 0.15) is 12.4 Å². The summed E-state index contributed by atoms with van der Waals surface area (Å²) < 4.78 is 5.56. The minimum Gasteiger partial charge on any atom is -0.491 e. The SMILES string of the molecule is CONC1COc2ccc(C(C)C)cc21. The zero-order valence-corrected chi connectivity index (χ0v) is 9.41. The van der Waals surface area contributed by atoms with Gasteiger partial charge in [0.2, 0.25) is 0 Å². The minimum absolute atomic E-state index is 0.156. The van der Waals surface area contributed by atoms with Gasteiger partial charge >= 0.3 is 0 Å². The van der Waals surface area contributed by atoms with E-state index in [1.165, 1.54) is 11.1 Å². The number of rotatable bonds is 3. The molecule has 82 valence electrons. The summed E-state index contributed by atoms with van der Waals surface area (Å²) in [5.74, 6) is 1.51. The lowest BCUT2D eigenvalue weighted by molar-refractivity contribution is 0.0536. The molecule has 2 rings (SSSR count). The van der Waals surface area contributed by atoms with Gasteiger partial charge in [-0.3, -0.25) is 0 Å². The van der Waals surface area contributed by atoms with Crippen LogP contribution in [0.2, 0.25) is 0 Å². The standard InChI is InChI=1S/C12H17NO2/c1-8(2)9-4-5-12-10(6-9)11(7-15-12)13-14-3/h4-6,8,11,13H,7H2,1-3H3. The predicted molar refractivity (Wildman–Crippen MR) is 58.9 cm³/mol. The topological polar surface area (TPSA) is 30.5 Å². The molecule has 3 nitrogen and oxygen atoms in total. The molecule has 15 heavy (non-hydrogen) atoms. The van der Waals surface area contributed by atoms with Crippen molar-refractivity contribution < 1.29 is 9.57 Å². The molecule has 0 spiro atoms. The largest absolute Gasteiger partial charge is 0.491 e. The van der Waals surface area contributed by atoms with Crippen LogP contribution in [0.1, 0.15) is 36.9 Å². The number of fused-ring (bicyclic) bond motifs is 1. The van der Waals surface area contributed by atoms with E-state index in [4.69, 9.17) is 9.57 Å². The van der Waals surface area contributed by atoms with E-state index in [9.17, 15) is 0 Å². The normalized spacial score (nSPS) is 19.1. The molecule has 0 saturated heterocycles. The zero-order valence-electron chi connectivity index (χ0n) is 9.41. The lowest BCUT2D eigenvalue weighted by atomic mass is 9.98. The average Bonchev–Trinajstić information content (AvgIpc) is 2.61. The summed E-state index contributed by atoms with van der Waals surface area (Å²) in [5, 5.41) is 0. The molecule has 1 atom stereocenters. The first-order valence-corrected chi connectivity index (χ1v) is 5.27. The Balaban J connectivity index is 2.29. The molecule has 1 aliphatic heterocycles. The molecule has 0 aliphatic carbocycles. The average molecular weight is 207 g/mol. The van der Waals surface area contributed by atoms with E-state index in [2.05, 4.69) is 31.5 Å². The molecule has 3 heteroatoms. The van der Waals surface area contributed by atoms with Crippen LogP contribution in [0, 0.1) is 0 Å². The molecule has 1 unspecified atom stereocenters. The quantitative estimate of drug-likeness (QED) is 0.772. The smallest absolute Gasteiger partial charge is 0.124 e. The Kier molecular flexibility index (Phi) is 2.93. The van der Waals surface area contributed by atoms with Crippen molar-refractivity contribution >= 4 is 0 Å². The lowest BCUT2D eigenvalue weighted by Gasteiger charge is -2.11. The van der Waals surface area contributed by atoms with Gasteiger partial charge in [-0.15, -0.1) is 0 Å². The van der Waals surface area contributed by atoms with Crippen molar-refractivity contribution in [1.82, 2.24) is 5.48 Å². The van der Waals surface area contributed by atoms with Crippen LogP contribution in [0.3, 0.4) is 0 Å². The van der Waals surface area contributed by atoms with Gasteiger partial charge < -0.3 is 9.57 Å². The predicted octanol–water partition coefficient (Wildman–Crippen LogP) is 2.39. The first-order chi connectivity index (χ1) is 7.22. The Morgan fingerprint density at radius 1 is 1.47 bits per heavy atom. The van der Waals surface area contributed by atoms with Crippen LogP contribution in [0.5, 0.6) is 5.75 Å². The molecule has 1 heterocycles. The van der Waals surface area contributed by atoms with Crippen LogP contribution < -0.4 is 10.2 Å². The molecule has 0 radical (unpaired) electrons. The number of nitrogens with one attached hydrogen (secondary N) is 1. The summed E-state index contributed by atoms with van der Waals surface area (Å²) in [6.07, 6.45) is 0. The molecular formula is C12H17NO2. The molecule has 0 saturated carbocycles. The number of hydroxylamine groups is 1. The molecule has 1 N–H and O–H groups in total. The number of ether oxygens (including phenoxy) is 1. The number of hydrogen-bond donors (Lipinski definition) is 1. The van der Waals surface area contributed by atoms with Crippen molar-refractivity contribution in [3.63, 3.8) is 0 Å². The third kappa shape index (κ3) is 1.98. The van der Waals surface area contributed by atoms with E-state index in [0.29, 0.717) is 12.5 Å². The summed E-state index contributed by atoms with van der Waals surface area (Å²) in [5.41, 5.74) is 5.47. The van der Waals surface area contributed by atoms with Crippen LogP contribution in [0.4, 0.5) is 0 Å². The van der Waals surface area contributed by atoms with Gasteiger partial charge in [-0.1, -0.05) is 26.0 Å². The van der Waals surface area contributed by atoms with Crippen LogP contribution in [0.15, 0.2) is 18.2 Å². The molecule has 1 aromatic rings. The lowest BCUT2D eigenvalue weighted by Crippen LogP contribution is -2.21. The molecular weight excluding hydrogens is 190 g/mol. The van der Waals surface area contributed by atoms with Crippen molar-refractivity contribution in [3.05, 3.63) is 29.3 Å². The molecule has 0 amide bonds. The highest BCUT2D eigenvalue weighted by Gasteiger charge is 2.24. The Morgan fingerprint density at radius 2 is 2.27 bits per heavy atom. The van der Waals surface area contributed by atoms with E-state index in [-0.39, 0.29) is 6.04 Å². The van der Waals surface area contributed by atoms with Crippen LogP contribution in [-0.4, -0.2) is 13.7 Å². The van der Waals surface area contributed by atoms with Gasteiger partial charge in [0.15, 0.2) is 0 Å². The second kappa shape index (κ2) is 4.21. The Morgan fingerprint density at radius 3 is 2.93 bits per heavy atom. The highest BCUT2D eigenvalue weighted by atomic mass is 16.6.